The van der Waals surface area contributed by atoms with Gasteiger partial charge in [-0.05, 0) is 18.8 Å². The van der Waals surface area contributed by atoms with Crippen molar-refractivity contribution in [3.8, 4) is 0 Å². The lowest BCUT2D eigenvalue weighted by molar-refractivity contribution is -0.128. The second-order valence-corrected chi connectivity index (χ2v) is 5.04. The predicted octanol–water partition coefficient (Wildman–Crippen LogP) is 0.834. The first-order valence-electron chi connectivity index (χ1n) is 6.70. The van der Waals surface area contributed by atoms with Crippen molar-refractivity contribution in [1.82, 2.24) is 10.6 Å². The maximum atomic E-state index is 11.5. The van der Waals surface area contributed by atoms with Gasteiger partial charge in [0.25, 0.3) is 0 Å². The zero-order chi connectivity index (χ0) is 13.4. The minimum absolute atomic E-state index is 0.0864. The maximum Gasteiger partial charge on any atom is 0.246 e. The Labute approximate surface area is 109 Å². The third-order valence-electron chi connectivity index (χ3n) is 3.16. The van der Waals surface area contributed by atoms with E-state index in [1.165, 1.54) is 19.8 Å². The first-order chi connectivity index (χ1) is 8.58. The molecule has 1 rings (SSSR count). The molecule has 0 spiro atoms. The molecule has 0 heterocycles. The average molecular weight is 256 g/mol. The third-order valence-corrected chi connectivity index (χ3v) is 3.16. The van der Waals surface area contributed by atoms with Gasteiger partial charge in [0.15, 0.2) is 0 Å². The number of ether oxygens (including phenoxy) is 1. The van der Waals surface area contributed by atoms with Gasteiger partial charge in [0, 0.05) is 20.0 Å². The minimum Gasteiger partial charge on any atom is -0.368 e. The molecule has 0 aromatic carbocycles. The maximum absolute atomic E-state index is 11.5. The number of nitrogens with one attached hydrogen (secondary N) is 2. The van der Waals surface area contributed by atoms with Crippen molar-refractivity contribution in [2.75, 3.05) is 19.7 Å². The van der Waals surface area contributed by atoms with Crippen LogP contribution in [0.25, 0.3) is 0 Å². The Hall–Kier alpha value is -1.10. The van der Waals surface area contributed by atoms with Crippen LogP contribution >= 0.6 is 0 Å². The number of rotatable bonds is 6. The second-order valence-electron chi connectivity index (χ2n) is 5.04. The zero-order valence-electron chi connectivity index (χ0n) is 11.3. The summed E-state index contributed by atoms with van der Waals surface area (Å²) in [7, 11) is 0. The molecule has 2 amide bonds. The van der Waals surface area contributed by atoms with E-state index in [1.54, 1.807) is 0 Å². The van der Waals surface area contributed by atoms with Crippen LogP contribution in [0.2, 0.25) is 0 Å². The number of carbonyl (C=O) groups excluding carboxylic acids is 2. The quantitative estimate of drug-likeness (QED) is 0.692. The molecule has 0 saturated heterocycles. The number of hydrogen-bond acceptors (Lipinski definition) is 3. The van der Waals surface area contributed by atoms with Crippen molar-refractivity contribution in [1.29, 1.82) is 0 Å². The van der Waals surface area contributed by atoms with E-state index in [-0.39, 0.29) is 24.5 Å². The molecule has 0 unspecified atom stereocenters. The molecule has 2 N–H and O–H groups in total. The summed E-state index contributed by atoms with van der Waals surface area (Å²) in [6.45, 7) is 4.71. The van der Waals surface area contributed by atoms with Crippen LogP contribution in [0.1, 0.15) is 39.5 Å². The minimum atomic E-state index is -0.112. The number of carbonyl (C=O) groups is 2. The topological polar surface area (TPSA) is 67.4 Å². The Kier molecular flexibility index (Phi) is 6.72. The van der Waals surface area contributed by atoms with E-state index in [0.29, 0.717) is 19.0 Å². The van der Waals surface area contributed by atoms with E-state index < -0.39 is 0 Å². The molecule has 1 fully saturated rings. The molecule has 5 nitrogen and oxygen atoms in total. The molecular weight excluding hydrogens is 232 g/mol. The third kappa shape index (κ3) is 6.59. The van der Waals surface area contributed by atoms with Gasteiger partial charge in [-0.2, -0.15) is 0 Å². The van der Waals surface area contributed by atoms with Gasteiger partial charge in [0.05, 0.1) is 6.10 Å². The van der Waals surface area contributed by atoms with Gasteiger partial charge in [0.2, 0.25) is 11.8 Å². The lowest BCUT2D eigenvalue weighted by atomic mass is 9.89. The summed E-state index contributed by atoms with van der Waals surface area (Å²) in [5.74, 6) is 0.502. The first kappa shape index (κ1) is 15.0. The van der Waals surface area contributed by atoms with Crippen molar-refractivity contribution in [2.24, 2.45) is 5.92 Å². The molecule has 0 aromatic heterocycles. The van der Waals surface area contributed by atoms with Gasteiger partial charge in [-0.1, -0.05) is 19.8 Å². The van der Waals surface area contributed by atoms with Gasteiger partial charge in [-0.3, -0.25) is 9.59 Å². The summed E-state index contributed by atoms with van der Waals surface area (Å²) < 4.78 is 5.59. The van der Waals surface area contributed by atoms with Crippen molar-refractivity contribution in [3.63, 3.8) is 0 Å². The molecule has 5 heteroatoms. The van der Waals surface area contributed by atoms with E-state index in [0.717, 1.165) is 12.8 Å². The van der Waals surface area contributed by atoms with E-state index in [2.05, 4.69) is 17.6 Å². The van der Waals surface area contributed by atoms with Crippen molar-refractivity contribution < 1.29 is 14.3 Å². The fourth-order valence-corrected chi connectivity index (χ4v) is 2.21. The predicted molar refractivity (Wildman–Crippen MR) is 69.1 cm³/mol. The summed E-state index contributed by atoms with van der Waals surface area (Å²) in [5.41, 5.74) is 0. The monoisotopic (exact) mass is 256 g/mol. The Bertz CT molecular complexity index is 281. The highest BCUT2D eigenvalue weighted by molar-refractivity contribution is 5.77. The SMILES string of the molecule is CC(=O)NCCNC(=O)CO[C@@H]1CCC[C@H](C)C1. The lowest BCUT2D eigenvalue weighted by Crippen LogP contribution is -2.36. The van der Waals surface area contributed by atoms with E-state index >= 15 is 0 Å². The zero-order valence-corrected chi connectivity index (χ0v) is 11.3. The van der Waals surface area contributed by atoms with Crippen LogP contribution in [0.5, 0.6) is 0 Å². The second kappa shape index (κ2) is 8.08. The highest BCUT2D eigenvalue weighted by Gasteiger charge is 2.19. The normalized spacial score (nSPS) is 23.4. The van der Waals surface area contributed by atoms with Crippen molar-refractivity contribution >= 4 is 11.8 Å². The van der Waals surface area contributed by atoms with Crippen LogP contribution in [-0.4, -0.2) is 37.6 Å². The lowest BCUT2D eigenvalue weighted by Gasteiger charge is -2.26. The molecule has 0 radical (unpaired) electrons. The summed E-state index contributed by atoms with van der Waals surface area (Å²) in [6, 6.07) is 0. The van der Waals surface area contributed by atoms with Gasteiger partial charge in [-0.15, -0.1) is 0 Å². The fourth-order valence-electron chi connectivity index (χ4n) is 2.21. The summed E-state index contributed by atoms with van der Waals surface area (Å²) in [4.78, 5) is 22.1. The van der Waals surface area contributed by atoms with E-state index in [9.17, 15) is 9.59 Å². The Morgan fingerprint density at radius 3 is 2.61 bits per heavy atom. The van der Waals surface area contributed by atoms with Gasteiger partial charge in [-0.25, -0.2) is 0 Å². The molecule has 0 aliphatic heterocycles. The molecule has 18 heavy (non-hydrogen) atoms. The molecule has 0 aromatic rings. The summed E-state index contributed by atoms with van der Waals surface area (Å²) >= 11 is 0. The standard InChI is InChI=1S/C13H24N2O3/c1-10-4-3-5-12(8-10)18-9-13(17)15-7-6-14-11(2)16/h10,12H,3-9H2,1-2H3,(H,14,16)(H,15,17)/t10-,12+/m0/s1. The smallest absolute Gasteiger partial charge is 0.246 e. The Morgan fingerprint density at radius 1 is 1.22 bits per heavy atom. The van der Waals surface area contributed by atoms with Crippen LogP contribution in [-0.2, 0) is 14.3 Å². The fraction of sp³-hybridized carbons (Fsp3) is 0.846. The van der Waals surface area contributed by atoms with Crippen molar-refractivity contribution in [3.05, 3.63) is 0 Å². The largest absolute Gasteiger partial charge is 0.368 e. The van der Waals surface area contributed by atoms with Crippen molar-refractivity contribution in [2.45, 2.75) is 45.6 Å². The van der Waals surface area contributed by atoms with Crippen LogP contribution < -0.4 is 10.6 Å². The number of hydrogen-bond donors (Lipinski definition) is 2. The molecule has 104 valence electrons. The van der Waals surface area contributed by atoms with Gasteiger partial charge >= 0.3 is 0 Å². The molecule has 1 saturated carbocycles. The van der Waals surface area contributed by atoms with Gasteiger partial charge < -0.3 is 15.4 Å². The highest BCUT2D eigenvalue weighted by Crippen LogP contribution is 2.25. The molecule has 1 aliphatic rings. The molecule has 2 atom stereocenters. The molecule has 0 bridgehead atoms. The number of amides is 2. The molecule has 1 aliphatic carbocycles. The Morgan fingerprint density at radius 2 is 1.94 bits per heavy atom. The molecular formula is C13H24N2O3. The van der Waals surface area contributed by atoms with Crippen LogP contribution in [0, 0.1) is 5.92 Å². The summed E-state index contributed by atoms with van der Waals surface area (Å²) in [6.07, 6.45) is 4.80. The van der Waals surface area contributed by atoms with Crippen LogP contribution in [0.4, 0.5) is 0 Å². The van der Waals surface area contributed by atoms with E-state index in [1.807, 2.05) is 0 Å². The van der Waals surface area contributed by atoms with E-state index in [4.69, 9.17) is 4.74 Å². The van der Waals surface area contributed by atoms with Crippen LogP contribution in [0.15, 0.2) is 0 Å². The Balaban J connectivity index is 2.04. The summed E-state index contributed by atoms with van der Waals surface area (Å²) in [5, 5.41) is 5.33. The van der Waals surface area contributed by atoms with Gasteiger partial charge in [0.1, 0.15) is 6.61 Å². The highest BCUT2D eigenvalue weighted by atomic mass is 16.5. The first-order valence-corrected chi connectivity index (χ1v) is 6.70. The van der Waals surface area contributed by atoms with Crippen LogP contribution in [0.3, 0.4) is 0 Å². The average Bonchev–Trinajstić information content (AvgIpc) is 2.32.